The molecule has 11 heteroatoms. The molecule has 2 amide bonds. The van der Waals surface area contributed by atoms with E-state index in [9.17, 15) is 14.7 Å². The molecule has 3 aromatic carbocycles. The number of ether oxygens (including phenoxy) is 4. The van der Waals surface area contributed by atoms with Gasteiger partial charge in [-0.1, -0.05) is 60.7 Å². The molecule has 0 spiro atoms. The van der Waals surface area contributed by atoms with Gasteiger partial charge in [0.05, 0.1) is 42.7 Å². The van der Waals surface area contributed by atoms with Crippen LogP contribution in [0.2, 0.25) is 0 Å². The maximum Gasteiger partial charge on any atom is 0.407 e. The van der Waals surface area contributed by atoms with Gasteiger partial charge in [-0.2, -0.15) is 0 Å². The zero-order chi connectivity index (χ0) is 32.6. The number of aliphatic hydroxyl groups is 1. The van der Waals surface area contributed by atoms with Crippen LogP contribution in [0.4, 0.5) is 16.2 Å². The molecule has 0 bridgehead atoms. The Morgan fingerprint density at radius 1 is 0.978 bits per heavy atom. The van der Waals surface area contributed by atoms with Gasteiger partial charge in [-0.3, -0.25) is 4.79 Å². The molecule has 2 aliphatic heterocycles. The highest BCUT2D eigenvalue weighted by molar-refractivity contribution is 5.78. The summed E-state index contributed by atoms with van der Waals surface area (Å²) in [6.07, 6.45) is -0.680. The Morgan fingerprint density at radius 3 is 2.35 bits per heavy atom. The van der Waals surface area contributed by atoms with E-state index < -0.39 is 30.4 Å². The first-order chi connectivity index (χ1) is 22.2. The standard InChI is InChI=1S/C35H44N4O7/c1-21-15-27(36)32(37)22(2)33(21)44-20-31(41)38-25(16-23-9-5-3-6-10-23)18-29(40)28(17-24-11-7-4-8-12-24)39-35(42)46-30-19-45-34-26(30)13-14-43-34/h3-12,15,25-26,28-30,34,40H,13-14,16-20,36-37H2,1-2H3,(H,38,41)(H,39,42)/t25-,26?,28-,29-,30-,34?/m0/s1. The number of carbonyl (C=O) groups excluding carboxylic acids is 2. The second-order valence-electron chi connectivity index (χ2n) is 12.1. The molecule has 2 heterocycles. The fourth-order valence-corrected chi connectivity index (χ4v) is 6.21. The lowest BCUT2D eigenvalue weighted by Crippen LogP contribution is -2.50. The maximum atomic E-state index is 13.2. The number of anilines is 2. The van der Waals surface area contributed by atoms with Gasteiger partial charge in [0.2, 0.25) is 0 Å². The minimum absolute atomic E-state index is 0.00631. The van der Waals surface area contributed by atoms with Crippen LogP contribution in [0.25, 0.3) is 0 Å². The molecule has 0 radical (unpaired) electrons. The molecule has 46 heavy (non-hydrogen) atoms. The van der Waals surface area contributed by atoms with Gasteiger partial charge >= 0.3 is 6.09 Å². The maximum absolute atomic E-state index is 13.2. The molecule has 3 aromatic rings. The topological polar surface area (TPSA) is 167 Å². The lowest BCUT2D eigenvalue weighted by Gasteiger charge is -2.29. The number of alkyl carbamates (subject to hydrolysis) is 1. The van der Waals surface area contributed by atoms with Gasteiger partial charge in [0.1, 0.15) is 11.9 Å². The molecule has 2 saturated heterocycles. The van der Waals surface area contributed by atoms with Gasteiger partial charge in [-0.05, 0) is 62.3 Å². The predicted molar refractivity (Wildman–Crippen MR) is 174 cm³/mol. The summed E-state index contributed by atoms with van der Waals surface area (Å²) in [7, 11) is 0. The second-order valence-corrected chi connectivity index (χ2v) is 12.1. The third-order valence-corrected chi connectivity index (χ3v) is 8.66. The summed E-state index contributed by atoms with van der Waals surface area (Å²) >= 11 is 0. The quantitative estimate of drug-likeness (QED) is 0.177. The van der Waals surface area contributed by atoms with E-state index in [0.29, 0.717) is 42.1 Å². The Balaban J connectivity index is 1.27. The van der Waals surface area contributed by atoms with Crippen molar-refractivity contribution in [1.29, 1.82) is 0 Å². The Labute approximate surface area is 269 Å². The van der Waals surface area contributed by atoms with Crippen LogP contribution in [0.15, 0.2) is 66.7 Å². The molecule has 5 rings (SSSR count). The lowest BCUT2D eigenvalue weighted by atomic mass is 9.93. The van der Waals surface area contributed by atoms with Crippen molar-refractivity contribution in [3.63, 3.8) is 0 Å². The number of nitrogens with one attached hydrogen (secondary N) is 2. The number of amides is 2. The van der Waals surface area contributed by atoms with Crippen LogP contribution in [0, 0.1) is 19.8 Å². The zero-order valence-corrected chi connectivity index (χ0v) is 26.3. The molecule has 0 aliphatic carbocycles. The summed E-state index contributed by atoms with van der Waals surface area (Å²) in [6, 6.07) is 19.8. The van der Waals surface area contributed by atoms with E-state index in [2.05, 4.69) is 10.6 Å². The Bertz CT molecular complexity index is 1470. The normalized spacial score (nSPS) is 20.7. The lowest BCUT2D eigenvalue weighted by molar-refractivity contribution is -0.124. The largest absolute Gasteiger partial charge is 0.483 e. The van der Waals surface area contributed by atoms with Crippen LogP contribution in [0.3, 0.4) is 0 Å². The van der Waals surface area contributed by atoms with Crippen LogP contribution >= 0.6 is 0 Å². The van der Waals surface area contributed by atoms with Crippen molar-refractivity contribution < 1.29 is 33.6 Å². The first-order valence-corrected chi connectivity index (χ1v) is 15.7. The average molecular weight is 633 g/mol. The third-order valence-electron chi connectivity index (χ3n) is 8.66. The fraction of sp³-hybridized carbons (Fsp3) is 0.429. The molecule has 2 unspecified atom stereocenters. The SMILES string of the molecule is Cc1cc(N)c(N)c(C)c1OCC(=O)N[C@@H](Cc1ccccc1)C[C@H](O)[C@H](Cc1ccccc1)NC(=O)O[C@H]1COC2OCCC21. The summed E-state index contributed by atoms with van der Waals surface area (Å²) in [5.74, 6) is 0.146. The summed E-state index contributed by atoms with van der Waals surface area (Å²) in [6.45, 7) is 4.22. The molecule has 2 aliphatic rings. The van der Waals surface area contributed by atoms with Crippen molar-refractivity contribution in [2.24, 2.45) is 5.92 Å². The minimum Gasteiger partial charge on any atom is -0.483 e. The van der Waals surface area contributed by atoms with E-state index in [-0.39, 0.29) is 37.7 Å². The van der Waals surface area contributed by atoms with Gasteiger partial charge in [0.25, 0.3) is 5.91 Å². The summed E-state index contributed by atoms with van der Waals surface area (Å²) < 4.78 is 22.8. The van der Waals surface area contributed by atoms with Crippen LogP contribution in [0.1, 0.15) is 35.1 Å². The highest BCUT2D eigenvalue weighted by atomic mass is 16.7. The minimum atomic E-state index is -1.02. The van der Waals surface area contributed by atoms with Crippen LogP contribution < -0.4 is 26.8 Å². The monoisotopic (exact) mass is 632 g/mol. The molecular formula is C35H44N4O7. The van der Waals surface area contributed by atoms with E-state index in [0.717, 1.165) is 23.1 Å². The van der Waals surface area contributed by atoms with Crippen molar-refractivity contribution in [2.75, 3.05) is 31.3 Å². The van der Waals surface area contributed by atoms with Crippen molar-refractivity contribution in [3.05, 3.63) is 89.0 Å². The van der Waals surface area contributed by atoms with Crippen molar-refractivity contribution in [3.8, 4) is 5.75 Å². The Kier molecular flexibility index (Phi) is 11.0. The zero-order valence-electron chi connectivity index (χ0n) is 26.3. The summed E-state index contributed by atoms with van der Waals surface area (Å²) in [5, 5.41) is 17.5. The summed E-state index contributed by atoms with van der Waals surface area (Å²) in [5.41, 5.74) is 16.3. The van der Waals surface area contributed by atoms with E-state index in [1.54, 1.807) is 13.0 Å². The Hall–Kier alpha value is -4.32. The molecule has 7 N–H and O–H groups in total. The molecule has 0 aromatic heterocycles. The van der Waals surface area contributed by atoms with Crippen molar-refractivity contribution in [2.45, 2.75) is 70.1 Å². The van der Waals surface area contributed by atoms with Crippen molar-refractivity contribution >= 4 is 23.4 Å². The number of rotatable bonds is 13. The average Bonchev–Trinajstić information content (AvgIpc) is 3.66. The number of hydrogen-bond acceptors (Lipinski definition) is 9. The number of carbonyl (C=O) groups is 2. The van der Waals surface area contributed by atoms with Gasteiger partial charge < -0.3 is 46.2 Å². The number of aryl methyl sites for hydroxylation is 1. The molecule has 0 saturated carbocycles. The number of benzene rings is 3. The fourth-order valence-electron chi connectivity index (χ4n) is 6.21. The Morgan fingerprint density at radius 2 is 1.65 bits per heavy atom. The molecule has 11 nitrogen and oxygen atoms in total. The highest BCUT2D eigenvalue weighted by Gasteiger charge is 2.44. The van der Waals surface area contributed by atoms with Crippen molar-refractivity contribution in [1.82, 2.24) is 10.6 Å². The number of fused-ring (bicyclic) bond motifs is 1. The molecular weight excluding hydrogens is 588 g/mol. The third kappa shape index (κ3) is 8.48. The van der Waals surface area contributed by atoms with E-state index in [1.807, 2.05) is 67.6 Å². The molecule has 2 fully saturated rings. The van der Waals surface area contributed by atoms with E-state index >= 15 is 0 Å². The smallest absolute Gasteiger partial charge is 0.407 e. The van der Waals surface area contributed by atoms with E-state index in [4.69, 9.17) is 30.4 Å². The number of aliphatic hydroxyl groups excluding tert-OH is 1. The number of hydrogen-bond donors (Lipinski definition) is 5. The number of nitrogens with two attached hydrogens (primary N) is 2. The second kappa shape index (κ2) is 15.3. The number of nitrogen functional groups attached to an aromatic ring is 2. The van der Waals surface area contributed by atoms with Gasteiger partial charge in [-0.25, -0.2) is 4.79 Å². The van der Waals surface area contributed by atoms with Crippen LogP contribution in [-0.4, -0.2) is 67.5 Å². The molecule has 246 valence electrons. The van der Waals surface area contributed by atoms with Gasteiger partial charge in [0, 0.05) is 11.6 Å². The predicted octanol–water partition coefficient (Wildman–Crippen LogP) is 3.42. The summed E-state index contributed by atoms with van der Waals surface area (Å²) in [4.78, 5) is 26.3. The van der Waals surface area contributed by atoms with E-state index in [1.165, 1.54) is 0 Å². The first-order valence-electron chi connectivity index (χ1n) is 15.7. The van der Waals surface area contributed by atoms with Gasteiger partial charge in [-0.15, -0.1) is 0 Å². The van der Waals surface area contributed by atoms with Crippen LogP contribution in [0.5, 0.6) is 5.75 Å². The van der Waals surface area contributed by atoms with Gasteiger partial charge in [0.15, 0.2) is 12.9 Å². The van der Waals surface area contributed by atoms with Crippen LogP contribution in [-0.2, 0) is 31.8 Å². The molecule has 6 atom stereocenters. The highest BCUT2D eigenvalue weighted by Crippen LogP contribution is 2.34. The first kappa shape index (κ1) is 33.1.